The number of rotatable bonds is 5. The summed E-state index contributed by atoms with van der Waals surface area (Å²) in [5.41, 5.74) is 0.755. The summed E-state index contributed by atoms with van der Waals surface area (Å²) in [5, 5.41) is 0. The van der Waals surface area contributed by atoms with E-state index in [1.807, 2.05) is 60.7 Å². The maximum absolute atomic E-state index is 5.90. The van der Waals surface area contributed by atoms with Gasteiger partial charge in [0.1, 0.15) is 17.8 Å². The standard InChI is InChI=1S/C16H13BN2O2/c1-3-7-15(8-4-1)20-17(14-11-18-13-19-12-14)21-16-9-5-2-6-10-16/h1-13H. The van der Waals surface area contributed by atoms with Crippen molar-refractivity contribution in [3.05, 3.63) is 79.4 Å². The van der Waals surface area contributed by atoms with Gasteiger partial charge in [-0.25, -0.2) is 9.97 Å². The van der Waals surface area contributed by atoms with E-state index in [-0.39, 0.29) is 0 Å². The van der Waals surface area contributed by atoms with E-state index >= 15 is 0 Å². The summed E-state index contributed by atoms with van der Waals surface area (Å²) in [6.07, 6.45) is 4.85. The molecule has 0 radical (unpaired) electrons. The van der Waals surface area contributed by atoms with Crippen LogP contribution in [0.15, 0.2) is 79.4 Å². The highest BCUT2D eigenvalue weighted by atomic mass is 16.6. The number of aromatic nitrogens is 2. The molecule has 1 heterocycles. The molecule has 0 aliphatic rings. The monoisotopic (exact) mass is 276 g/mol. The minimum atomic E-state index is -0.601. The van der Waals surface area contributed by atoms with Crippen LogP contribution in [0.25, 0.3) is 0 Å². The van der Waals surface area contributed by atoms with Gasteiger partial charge in [-0.3, -0.25) is 0 Å². The molecule has 0 N–H and O–H groups in total. The summed E-state index contributed by atoms with van der Waals surface area (Å²) in [6.45, 7) is 0. The van der Waals surface area contributed by atoms with Gasteiger partial charge in [0.15, 0.2) is 0 Å². The van der Waals surface area contributed by atoms with Crippen molar-refractivity contribution in [2.75, 3.05) is 0 Å². The van der Waals surface area contributed by atoms with Crippen molar-refractivity contribution in [3.8, 4) is 11.5 Å². The first-order valence-corrected chi connectivity index (χ1v) is 6.60. The smallest absolute Gasteiger partial charge is 0.522 e. The van der Waals surface area contributed by atoms with Crippen LogP contribution in [-0.4, -0.2) is 17.1 Å². The highest BCUT2D eigenvalue weighted by Gasteiger charge is 2.27. The Hall–Kier alpha value is -2.82. The largest absolute Gasteiger partial charge is 0.635 e. The number of para-hydroxylation sites is 2. The molecule has 0 aliphatic carbocycles. The second-order valence-electron chi connectivity index (χ2n) is 4.37. The first kappa shape index (κ1) is 13.2. The van der Waals surface area contributed by atoms with E-state index in [1.165, 1.54) is 6.33 Å². The quantitative estimate of drug-likeness (QED) is 0.671. The van der Waals surface area contributed by atoms with Gasteiger partial charge in [0, 0.05) is 17.9 Å². The minimum absolute atomic E-state index is 0.601. The highest BCUT2D eigenvalue weighted by molar-refractivity contribution is 6.62. The number of benzene rings is 2. The number of hydrogen-bond acceptors (Lipinski definition) is 4. The van der Waals surface area contributed by atoms with Crippen molar-refractivity contribution < 1.29 is 9.31 Å². The molecular formula is C16H13BN2O2. The fourth-order valence-corrected chi connectivity index (χ4v) is 1.84. The molecule has 0 atom stereocenters. The lowest BCUT2D eigenvalue weighted by atomic mass is 9.80. The van der Waals surface area contributed by atoms with E-state index in [0.717, 1.165) is 17.0 Å². The van der Waals surface area contributed by atoms with Gasteiger partial charge in [-0.15, -0.1) is 0 Å². The van der Waals surface area contributed by atoms with Gasteiger partial charge in [-0.05, 0) is 24.3 Å². The molecule has 0 unspecified atom stereocenters. The molecule has 0 amide bonds. The Morgan fingerprint density at radius 3 is 1.62 bits per heavy atom. The third-order valence-corrected chi connectivity index (χ3v) is 2.83. The summed E-state index contributed by atoms with van der Waals surface area (Å²) in [4.78, 5) is 8.04. The fraction of sp³-hybridized carbons (Fsp3) is 0. The Kier molecular flexibility index (Phi) is 4.12. The van der Waals surface area contributed by atoms with E-state index < -0.39 is 7.12 Å². The van der Waals surface area contributed by atoms with Gasteiger partial charge < -0.3 is 9.31 Å². The van der Waals surface area contributed by atoms with Gasteiger partial charge >= 0.3 is 7.12 Å². The minimum Gasteiger partial charge on any atom is -0.522 e. The number of nitrogens with zero attached hydrogens (tertiary/aromatic N) is 2. The molecule has 3 aromatic rings. The lowest BCUT2D eigenvalue weighted by Gasteiger charge is -2.16. The van der Waals surface area contributed by atoms with Gasteiger partial charge in [-0.2, -0.15) is 0 Å². The molecule has 0 saturated carbocycles. The Morgan fingerprint density at radius 2 is 1.14 bits per heavy atom. The maximum atomic E-state index is 5.90. The summed E-state index contributed by atoms with van der Waals surface area (Å²) < 4.78 is 11.8. The first-order valence-electron chi connectivity index (χ1n) is 6.60. The molecule has 21 heavy (non-hydrogen) atoms. The molecule has 4 nitrogen and oxygen atoms in total. The Balaban J connectivity index is 1.84. The van der Waals surface area contributed by atoms with E-state index in [4.69, 9.17) is 9.31 Å². The zero-order chi connectivity index (χ0) is 14.3. The van der Waals surface area contributed by atoms with Gasteiger partial charge in [0.2, 0.25) is 0 Å². The summed E-state index contributed by atoms with van der Waals surface area (Å²) in [6, 6.07) is 19.0. The summed E-state index contributed by atoms with van der Waals surface area (Å²) in [5.74, 6) is 1.45. The fourth-order valence-electron chi connectivity index (χ4n) is 1.84. The van der Waals surface area contributed by atoms with Crippen LogP contribution >= 0.6 is 0 Å². The normalized spacial score (nSPS) is 9.90. The predicted molar refractivity (Wildman–Crippen MR) is 81.6 cm³/mol. The van der Waals surface area contributed by atoms with Crippen LogP contribution < -0.4 is 14.8 Å². The van der Waals surface area contributed by atoms with Crippen LogP contribution in [0.3, 0.4) is 0 Å². The lowest BCUT2D eigenvalue weighted by Crippen LogP contribution is -2.43. The zero-order valence-corrected chi connectivity index (χ0v) is 11.3. The van der Waals surface area contributed by atoms with E-state index in [2.05, 4.69) is 9.97 Å². The van der Waals surface area contributed by atoms with Gasteiger partial charge in [-0.1, -0.05) is 36.4 Å². The van der Waals surface area contributed by atoms with Crippen molar-refractivity contribution >= 4 is 12.6 Å². The van der Waals surface area contributed by atoms with Crippen molar-refractivity contribution in [1.29, 1.82) is 0 Å². The van der Waals surface area contributed by atoms with Crippen molar-refractivity contribution in [2.45, 2.75) is 0 Å². The predicted octanol–water partition coefficient (Wildman–Crippen LogP) is 2.33. The van der Waals surface area contributed by atoms with Gasteiger partial charge in [0.05, 0.1) is 0 Å². The molecule has 5 heteroatoms. The molecule has 0 saturated heterocycles. The average Bonchev–Trinajstić information content (AvgIpc) is 2.57. The van der Waals surface area contributed by atoms with E-state index in [1.54, 1.807) is 12.4 Å². The van der Waals surface area contributed by atoms with Gasteiger partial charge in [0.25, 0.3) is 0 Å². The molecule has 0 bridgehead atoms. The van der Waals surface area contributed by atoms with Crippen LogP contribution in [0.2, 0.25) is 0 Å². The molecule has 0 fully saturated rings. The van der Waals surface area contributed by atoms with Crippen LogP contribution in [0.5, 0.6) is 11.5 Å². The Labute approximate surface area is 123 Å². The number of hydrogen-bond donors (Lipinski definition) is 0. The molecule has 3 rings (SSSR count). The first-order chi connectivity index (χ1) is 10.4. The van der Waals surface area contributed by atoms with Crippen LogP contribution in [0.1, 0.15) is 0 Å². The van der Waals surface area contributed by atoms with E-state index in [9.17, 15) is 0 Å². The van der Waals surface area contributed by atoms with Crippen LogP contribution in [0, 0.1) is 0 Å². The second kappa shape index (κ2) is 6.57. The van der Waals surface area contributed by atoms with Crippen LogP contribution in [0.4, 0.5) is 0 Å². The second-order valence-corrected chi connectivity index (χ2v) is 4.37. The third-order valence-electron chi connectivity index (χ3n) is 2.83. The SMILES string of the molecule is c1ccc(OB(Oc2ccccc2)c2cncnc2)cc1. The topological polar surface area (TPSA) is 44.2 Å². The molecule has 0 aliphatic heterocycles. The maximum Gasteiger partial charge on any atom is 0.635 e. The molecular weight excluding hydrogens is 263 g/mol. The van der Waals surface area contributed by atoms with Crippen molar-refractivity contribution in [3.63, 3.8) is 0 Å². The summed E-state index contributed by atoms with van der Waals surface area (Å²) >= 11 is 0. The molecule has 1 aromatic heterocycles. The molecule has 2 aromatic carbocycles. The zero-order valence-electron chi connectivity index (χ0n) is 11.3. The Morgan fingerprint density at radius 1 is 0.667 bits per heavy atom. The van der Waals surface area contributed by atoms with E-state index in [0.29, 0.717) is 0 Å². The molecule has 0 spiro atoms. The van der Waals surface area contributed by atoms with Crippen LogP contribution in [-0.2, 0) is 0 Å². The average molecular weight is 276 g/mol. The highest BCUT2D eigenvalue weighted by Crippen LogP contribution is 2.14. The van der Waals surface area contributed by atoms with Crippen molar-refractivity contribution in [2.24, 2.45) is 0 Å². The lowest BCUT2D eigenvalue weighted by molar-refractivity contribution is 0.439. The summed E-state index contributed by atoms with van der Waals surface area (Å²) in [7, 11) is -0.601. The third kappa shape index (κ3) is 3.60. The van der Waals surface area contributed by atoms with Crippen molar-refractivity contribution in [1.82, 2.24) is 9.97 Å². The molecule has 102 valence electrons. The Bertz CT molecular complexity index is 624.